The van der Waals surface area contributed by atoms with E-state index in [1.54, 1.807) is 12.4 Å². The van der Waals surface area contributed by atoms with Crippen molar-refractivity contribution in [3.63, 3.8) is 0 Å². The van der Waals surface area contributed by atoms with Crippen molar-refractivity contribution in [3.8, 4) is 11.4 Å². The van der Waals surface area contributed by atoms with E-state index in [2.05, 4.69) is 31.1 Å². The van der Waals surface area contributed by atoms with Gasteiger partial charge in [-0.05, 0) is 40.2 Å². The predicted octanol–water partition coefficient (Wildman–Crippen LogP) is 3.68. The van der Waals surface area contributed by atoms with E-state index in [4.69, 9.17) is 0 Å². The number of carbonyl (C=O) groups is 1. The SMILES string of the molecule is Cn1c(SCC(=O)c2ccc(Br)s2)nnc1-c1cccnc1. The monoisotopic (exact) mass is 394 g/mol. The van der Waals surface area contributed by atoms with Crippen molar-refractivity contribution < 1.29 is 4.79 Å². The lowest BCUT2D eigenvalue weighted by molar-refractivity contribution is 0.102. The summed E-state index contributed by atoms with van der Waals surface area (Å²) in [6, 6.07) is 7.50. The molecule has 0 saturated heterocycles. The molecule has 0 N–H and O–H groups in total. The number of pyridine rings is 1. The van der Waals surface area contributed by atoms with Crippen LogP contribution in [0.5, 0.6) is 0 Å². The summed E-state index contributed by atoms with van der Waals surface area (Å²) in [6.07, 6.45) is 3.46. The van der Waals surface area contributed by atoms with E-state index in [0.717, 1.165) is 20.1 Å². The van der Waals surface area contributed by atoms with Crippen molar-refractivity contribution in [3.05, 3.63) is 45.3 Å². The smallest absolute Gasteiger partial charge is 0.191 e. The van der Waals surface area contributed by atoms with Gasteiger partial charge in [0.15, 0.2) is 16.8 Å². The summed E-state index contributed by atoms with van der Waals surface area (Å²) in [5.74, 6) is 1.17. The predicted molar refractivity (Wildman–Crippen MR) is 91.3 cm³/mol. The van der Waals surface area contributed by atoms with Gasteiger partial charge in [-0.2, -0.15) is 0 Å². The normalized spacial score (nSPS) is 10.8. The van der Waals surface area contributed by atoms with Gasteiger partial charge < -0.3 is 4.57 Å². The Bertz CT molecular complexity index is 800. The van der Waals surface area contributed by atoms with Crippen LogP contribution in [-0.2, 0) is 7.05 Å². The standard InChI is InChI=1S/C14H11BrN4OS2/c1-19-13(9-3-2-6-16-7-9)17-18-14(19)21-8-10(20)11-4-5-12(15)22-11/h2-7H,8H2,1H3. The average molecular weight is 395 g/mol. The zero-order chi connectivity index (χ0) is 15.5. The molecule has 0 saturated carbocycles. The van der Waals surface area contributed by atoms with Crippen molar-refractivity contribution >= 4 is 44.8 Å². The molecule has 3 aromatic heterocycles. The summed E-state index contributed by atoms with van der Waals surface area (Å²) in [4.78, 5) is 16.9. The number of nitrogens with zero attached hydrogens (tertiary/aromatic N) is 4. The van der Waals surface area contributed by atoms with Gasteiger partial charge in [0, 0.05) is 25.0 Å². The van der Waals surface area contributed by atoms with Crippen LogP contribution in [0, 0.1) is 0 Å². The van der Waals surface area contributed by atoms with Crippen molar-refractivity contribution in [1.82, 2.24) is 19.7 Å². The Kier molecular flexibility index (Phi) is 4.70. The van der Waals surface area contributed by atoms with Gasteiger partial charge in [0.05, 0.1) is 14.4 Å². The molecule has 0 aliphatic carbocycles. The third-order valence-electron chi connectivity index (χ3n) is 2.94. The number of halogens is 1. The topological polar surface area (TPSA) is 60.7 Å². The minimum atomic E-state index is 0.0895. The van der Waals surface area contributed by atoms with E-state index in [1.807, 2.05) is 35.9 Å². The second-order valence-electron chi connectivity index (χ2n) is 4.42. The lowest BCUT2D eigenvalue weighted by atomic mass is 10.3. The van der Waals surface area contributed by atoms with E-state index in [-0.39, 0.29) is 5.78 Å². The summed E-state index contributed by atoms with van der Waals surface area (Å²) >= 11 is 6.19. The number of Topliss-reactive ketones (excluding diaryl/α,β-unsaturated/α-hetero) is 1. The highest BCUT2D eigenvalue weighted by atomic mass is 79.9. The van der Waals surface area contributed by atoms with Gasteiger partial charge in [0.1, 0.15) is 0 Å². The van der Waals surface area contributed by atoms with Gasteiger partial charge >= 0.3 is 0 Å². The summed E-state index contributed by atoms with van der Waals surface area (Å²) in [5.41, 5.74) is 0.901. The summed E-state index contributed by atoms with van der Waals surface area (Å²) in [5, 5.41) is 9.04. The largest absolute Gasteiger partial charge is 0.305 e. The van der Waals surface area contributed by atoms with Crippen LogP contribution in [-0.4, -0.2) is 31.3 Å². The van der Waals surface area contributed by atoms with E-state index in [1.165, 1.54) is 23.1 Å². The lowest BCUT2D eigenvalue weighted by Gasteiger charge is -2.02. The highest BCUT2D eigenvalue weighted by molar-refractivity contribution is 9.11. The molecule has 0 unspecified atom stereocenters. The van der Waals surface area contributed by atoms with Crippen LogP contribution in [0.4, 0.5) is 0 Å². The van der Waals surface area contributed by atoms with Crippen LogP contribution in [0.2, 0.25) is 0 Å². The van der Waals surface area contributed by atoms with Crippen molar-refractivity contribution in [2.75, 3.05) is 5.75 Å². The molecular formula is C14H11BrN4OS2. The van der Waals surface area contributed by atoms with Crippen molar-refractivity contribution in [1.29, 1.82) is 0 Å². The number of hydrogen-bond donors (Lipinski definition) is 0. The molecular weight excluding hydrogens is 384 g/mol. The van der Waals surface area contributed by atoms with Gasteiger partial charge in [-0.25, -0.2) is 0 Å². The van der Waals surface area contributed by atoms with E-state index in [0.29, 0.717) is 10.9 Å². The molecule has 0 amide bonds. The maximum Gasteiger partial charge on any atom is 0.191 e. The van der Waals surface area contributed by atoms with Crippen LogP contribution in [0.3, 0.4) is 0 Å². The maximum atomic E-state index is 12.1. The minimum Gasteiger partial charge on any atom is -0.305 e. The lowest BCUT2D eigenvalue weighted by Crippen LogP contribution is -2.02. The fourth-order valence-corrected chi connectivity index (χ4v) is 4.06. The fourth-order valence-electron chi connectivity index (χ4n) is 1.85. The van der Waals surface area contributed by atoms with Crippen LogP contribution in [0.1, 0.15) is 9.67 Å². The number of hydrogen-bond acceptors (Lipinski definition) is 6. The Hall–Kier alpha value is -1.51. The molecule has 0 aliphatic heterocycles. The Morgan fingerprint density at radius 1 is 1.36 bits per heavy atom. The molecule has 0 fully saturated rings. The third-order valence-corrected chi connectivity index (χ3v) is 5.62. The zero-order valence-electron chi connectivity index (χ0n) is 11.6. The Labute approximate surface area is 143 Å². The summed E-state index contributed by atoms with van der Waals surface area (Å²) in [6.45, 7) is 0. The third kappa shape index (κ3) is 3.29. The molecule has 3 aromatic rings. The summed E-state index contributed by atoms with van der Waals surface area (Å²) in [7, 11) is 1.89. The molecule has 3 heterocycles. The number of rotatable bonds is 5. The molecule has 0 aromatic carbocycles. The second-order valence-corrected chi connectivity index (χ2v) is 7.83. The molecule has 0 aliphatic rings. The second kappa shape index (κ2) is 6.72. The molecule has 3 rings (SSSR count). The Morgan fingerprint density at radius 3 is 2.91 bits per heavy atom. The highest BCUT2D eigenvalue weighted by Gasteiger charge is 2.14. The molecule has 0 spiro atoms. The molecule has 0 radical (unpaired) electrons. The molecule has 5 nitrogen and oxygen atoms in total. The van der Waals surface area contributed by atoms with Crippen molar-refractivity contribution in [2.45, 2.75) is 5.16 Å². The van der Waals surface area contributed by atoms with Gasteiger partial charge in [0.25, 0.3) is 0 Å². The van der Waals surface area contributed by atoms with Gasteiger partial charge in [-0.15, -0.1) is 21.5 Å². The summed E-state index contributed by atoms with van der Waals surface area (Å²) < 4.78 is 2.83. The first-order valence-corrected chi connectivity index (χ1v) is 8.96. The highest BCUT2D eigenvalue weighted by Crippen LogP contribution is 2.26. The van der Waals surface area contributed by atoms with Gasteiger partial charge in [-0.3, -0.25) is 9.78 Å². The number of aromatic nitrogens is 4. The molecule has 0 bridgehead atoms. The molecule has 8 heteroatoms. The zero-order valence-corrected chi connectivity index (χ0v) is 14.8. The van der Waals surface area contributed by atoms with Crippen LogP contribution >= 0.6 is 39.0 Å². The van der Waals surface area contributed by atoms with E-state index >= 15 is 0 Å². The number of carbonyl (C=O) groups excluding carboxylic acids is 1. The van der Waals surface area contributed by atoms with Crippen molar-refractivity contribution in [2.24, 2.45) is 7.05 Å². The van der Waals surface area contributed by atoms with Crippen LogP contribution in [0.25, 0.3) is 11.4 Å². The average Bonchev–Trinajstić information content (AvgIpc) is 3.12. The minimum absolute atomic E-state index is 0.0895. The Morgan fingerprint density at radius 2 is 2.23 bits per heavy atom. The number of ketones is 1. The molecule has 22 heavy (non-hydrogen) atoms. The molecule has 0 atom stereocenters. The van der Waals surface area contributed by atoms with Gasteiger partial charge in [0.2, 0.25) is 0 Å². The van der Waals surface area contributed by atoms with Gasteiger partial charge in [-0.1, -0.05) is 11.8 Å². The quantitative estimate of drug-likeness (QED) is 0.487. The van der Waals surface area contributed by atoms with Crippen LogP contribution < -0.4 is 0 Å². The van der Waals surface area contributed by atoms with Crippen LogP contribution in [0.15, 0.2) is 45.6 Å². The fraction of sp³-hybridized carbons (Fsp3) is 0.143. The molecule has 112 valence electrons. The first kappa shape index (κ1) is 15.4. The van der Waals surface area contributed by atoms with E-state index < -0.39 is 0 Å². The van der Waals surface area contributed by atoms with E-state index in [9.17, 15) is 4.79 Å². The first-order valence-electron chi connectivity index (χ1n) is 6.36. The first-order chi connectivity index (χ1) is 10.6. The Balaban J connectivity index is 1.72. The number of thioether (sulfide) groups is 1. The number of thiophene rings is 1. The maximum absolute atomic E-state index is 12.1.